The normalized spacial score (nSPS) is 12.4. The molecule has 0 aliphatic heterocycles. The van der Waals surface area contributed by atoms with Crippen molar-refractivity contribution in [2.24, 2.45) is 0 Å². The molecule has 3 aromatic rings. The van der Waals surface area contributed by atoms with Gasteiger partial charge in [-0.2, -0.15) is 5.10 Å². The van der Waals surface area contributed by atoms with Crippen LogP contribution in [0.3, 0.4) is 0 Å². The van der Waals surface area contributed by atoms with Crippen molar-refractivity contribution in [1.29, 1.82) is 0 Å². The number of carbonyl (C=O) groups is 1. The summed E-state index contributed by atoms with van der Waals surface area (Å²) in [4.78, 5) is 12.0. The molecule has 0 bridgehead atoms. The standard InChI is InChI=1S/C23H26N4O2/c28-23(24-12-14-29-22-10-9-20-3-1-4-21(20)15-22)25-16-18-5-7-19(8-6-18)17-27-13-2-11-26-27/h2,5-11,13,15H,1,3-4,12,14,16-17H2,(H2,24,25,28). The van der Waals surface area contributed by atoms with Gasteiger partial charge in [0.05, 0.1) is 13.1 Å². The van der Waals surface area contributed by atoms with Gasteiger partial charge in [0.15, 0.2) is 0 Å². The van der Waals surface area contributed by atoms with Gasteiger partial charge < -0.3 is 15.4 Å². The lowest BCUT2D eigenvalue weighted by Crippen LogP contribution is -2.37. The Balaban J connectivity index is 1.14. The maximum absolute atomic E-state index is 12.0. The van der Waals surface area contributed by atoms with Crippen LogP contribution in [-0.4, -0.2) is 29.0 Å². The van der Waals surface area contributed by atoms with Crippen LogP contribution in [0.5, 0.6) is 5.75 Å². The summed E-state index contributed by atoms with van der Waals surface area (Å²) < 4.78 is 7.63. The molecule has 2 N–H and O–H groups in total. The first-order chi connectivity index (χ1) is 14.3. The van der Waals surface area contributed by atoms with Gasteiger partial charge in [0.2, 0.25) is 0 Å². The Bertz CT molecular complexity index is 936. The van der Waals surface area contributed by atoms with E-state index in [9.17, 15) is 4.79 Å². The highest BCUT2D eigenvalue weighted by Crippen LogP contribution is 2.25. The van der Waals surface area contributed by atoms with Crippen LogP contribution in [0.2, 0.25) is 0 Å². The number of aryl methyl sites for hydroxylation is 2. The lowest BCUT2D eigenvalue weighted by molar-refractivity contribution is 0.236. The summed E-state index contributed by atoms with van der Waals surface area (Å²) in [5.74, 6) is 0.878. The molecule has 6 nitrogen and oxygen atoms in total. The first-order valence-corrected chi connectivity index (χ1v) is 10.1. The van der Waals surface area contributed by atoms with E-state index in [0.29, 0.717) is 19.7 Å². The number of carbonyl (C=O) groups excluding carboxylic acids is 1. The zero-order valence-corrected chi connectivity index (χ0v) is 16.4. The van der Waals surface area contributed by atoms with E-state index < -0.39 is 0 Å². The molecule has 0 saturated heterocycles. The Hall–Kier alpha value is -3.28. The summed E-state index contributed by atoms with van der Waals surface area (Å²) in [5.41, 5.74) is 5.05. The Labute approximate surface area is 170 Å². The second-order valence-corrected chi connectivity index (χ2v) is 7.26. The predicted molar refractivity (Wildman–Crippen MR) is 112 cm³/mol. The molecule has 0 atom stereocenters. The van der Waals surface area contributed by atoms with Gasteiger partial charge in [-0.1, -0.05) is 30.3 Å². The molecular weight excluding hydrogens is 364 g/mol. The van der Waals surface area contributed by atoms with E-state index >= 15 is 0 Å². The van der Waals surface area contributed by atoms with Gasteiger partial charge in [0.25, 0.3) is 0 Å². The highest BCUT2D eigenvalue weighted by Gasteiger charge is 2.11. The topological polar surface area (TPSA) is 68.2 Å². The van der Waals surface area contributed by atoms with Crippen molar-refractivity contribution in [2.75, 3.05) is 13.2 Å². The van der Waals surface area contributed by atoms with Crippen LogP contribution in [0.25, 0.3) is 0 Å². The molecule has 29 heavy (non-hydrogen) atoms. The number of urea groups is 1. The van der Waals surface area contributed by atoms with Crippen molar-refractivity contribution in [3.63, 3.8) is 0 Å². The van der Waals surface area contributed by atoms with Crippen molar-refractivity contribution in [3.05, 3.63) is 83.2 Å². The van der Waals surface area contributed by atoms with Crippen LogP contribution < -0.4 is 15.4 Å². The highest BCUT2D eigenvalue weighted by atomic mass is 16.5. The fourth-order valence-electron chi connectivity index (χ4n) is 3.56. The Morgan fingerprint density at radius 3 is 2.69 bits per heavy atom. The van der Waals surface area contributed by atoms with Gasteiger partial charge in [-0.05, 0) is 59.7 Å². The molecule has 0 fully saturated rings. The summed E-state index contributed by atoms with van der Waals surface area (Å²) in [6.07, 6.45) is 7.25. The minimum atomic E-state index is -0.192. The zero-order chi connectivity index (χ0) is 19.9. The van der Waals surface area contributed by atoms with Crippen molar-refractivity contribution in [2.45, 2.75) is 32.4 Å². The largest absolute Gasteiger partial charge is 0.492 e. The van der Waals surface area contributed by atoms with Crippen molar-refractivity contribution in [3.8, 4) is 5.75 Å². The van der Waals surface area contributed by atoms with Crippen LogP contribution >= 0.6 is 0 Å². The Morgan fingerprint density at radius 1 is 1.03 bits per heavy atom. The molecule has 1 aliphatic rings. The molecule has 0 radical (unpaired) electrons. The highest BCUT2D eigenvalue weighted by molar-refractivity contribution is 5.73. The minimum Gasteiger partial charge on any atom is -0.492 e. The molecule has 0 spiro atoms. The molecule has 2 aromatic carbocycles. The number of amides is 2. The first-order valence-electron chi connectivity index (χ1n) is 10.1. The van der Waals surface area contributed by atoms with Gasteiger partial charge in [-0.3, -0.25) is 4.68 Å². The quantitative estimate of drug-likeness (QED) is 0.580. The number of nitrogens with one attached hydrogen (secondary N) is 2. The van der Waals surface area contributed by atoms with Crippen LogP contribution in [0.1, 0.15) is 28.7 Å². The fraction of sp³-hybridized carbons (Fsp3) is 0.304. The van der Waals surface area contributed by atoms with E-state index in [-0.39, 0.29) is 6.03 Å². The van der Waals surface area contributed by atoms with Crippen molar-refractivity contribution < 1.29 is 9.53 Å². The third-order valence-corrected chi connectivity index (χ3v) is 5.11. The second kappa shape index (κ2) is 9.28. The van der Waals surface area contributed by atoms with Gasteiger partial charge in [0, 0.05) is 18.9 Å². The molecule has 150 valence electrons. The van der Waals surface area contributed by atoms with Crippen molar-refractivity contribution >= 4 is 6.03 Å². The maximum atomic E-state index is 12.0. The van der Waals surface area contributed by atoms with Crippen LogP contribution in [0.15, 0.2) is 60.9 Å². The number of rotatable bonds is 8. The van der Waals surface area contributed by atoms with Gasteiger partial charge in [-0.15, -0.1) is 0 Å². The molecule has 1 aromatic heterocycles. The lowest BCUT2D eigenvalue weighted by Gasteiger charge is -2.10. The summed E-state index contributed by atoms with van der Waals surface area (Å²) in [5, 5.41) is 9.91. The summed E-state index contributed by atoms with van der Waals surface area (Å²) in [6.45, 7) is 2.14. The Morgan fingerprint density at radius 2 is 1.86 bits per heavy atom. The monoisotopic (exact) mass is 390 g/mol. The summed E-state index contributed by atoms with van der Waals surface area (Å²) in [6, 6.07) is 16.2. The van der Waals surface area contributed by atoms with E-state index in [1.54, 1.807) is 6.20 Å². The number of ether oxygens (including phenoxy) is 1. The van der Waals surface area contributed by atoms with E-state index in [2.05, 4.69) is 40.0 Å². The number of fused-ring (bicyclic) bond motifs is 1. The van der Waals surface area contributed by atoms with Crippen LogP contribution in [0, 0.1) is 0 Å². The van der Waals surface area contributed by atoms with Gasteiger partial charge >= 0.3 is 6.03 Å². The molecular formula is C23H26N4O2. The van der Waals surface area contributed by atoms with Gasteiger partial charge in [0.1, 0.15) is 12.4 Å². The molecule has 1 heterocycles. The number of aromatic nitrogens is 2. The lowest BCUT2D eigenvalue weighted by atomic mass is 10.1. The van der Waals surface area contributed by atoms with E-state index in [4.69, 9.17) is 4.74 Å². The van der Waals surface area contributed by atoms with Crippen LogP contribution in [0.4, 0.5) is 4.79 Å². The zero-order valence-electron chi connectivity index (χ0n) is 16.4. The molecule has 1 aliphatic carbocycles. The summed E-state index contributed by atoms with van der Waals surface area (Å²) >= 11 is 0. The van der Waals surface area contributed by atoms with E-state index in [1.807, 2.05) is 35.1 Å². The SMILES string of the molecule is O=C(NCCOc1ccc2c(c1)CCC2)NCc1ccc(Cn2cccn2)cc1. The predicted octanol–water partition coefficient (Wildman–Crippen LogP) is 3.30. The fourth-order valence-corrected chi connectivity index (χ4v) is 3.56. The molecule has 2 amide bonds. The number of nitrogens with zero attached hydrogens (tertiary/aromatic N) is 2. The molecule has 6 heteroatoms. The third kappa shape index (κ3) is 5.38. The second-order valence-electron chi connectivity index (χ2n) is 7.26. The minimum absolute atomic E-state index is 0.192. The molecule has 0 saturated carbocycles. The average molecular weight is 390 g/mol. The first kappa shape index (κ1) is 19.1. The van der Waals surface area contributed by atoms with E-state index in [1.165, 1.54) is 29.5 Å². The summed E-state index contributed by atoms with van der Waals surface area (Å²) in [7, 11) is 0. The van der Waals surface area contributed by atoms with E-state index in [0.717, 1.165) is 24.3 Å². The number of hydrogen-bond donors (Lipinski definition) is 2. The third-order valence-electron chi connectivity index (χ3n) is 5.11. The smallest absolute Gasteiger partial charge is 0.315 e. The number of hydrogen-bond acceptors (Lipinski definition) is 3. The number of benzene rings is 2. The molecule has 0 unspecified atom stereocenters. The Kier molecular flexibility index (Phi) is 6.10. The molecule has 4 rings (SSSR count). The maximum Gasteiger partial charge on any atom is 0.315 e. The van der Waals surface area contributed by atoms with Crippen molar-refractivity contribution in [1.82, 2.24) is 20.4 Å². The average Bonchev–Trinajstić information content (AvgIpc) is 3.42. The van der Waals surface area contributed by atoms with Crippen LogP contribution in [-0.2, 0) is 25.9 Å². The van der Waals surface area contributed by atoms with Gasteiger partial charge in [-0.25, -0.2) is 4.79 Å².